The monoisotopic (exact) mass is 184 g/mol. The van der Waals surface area contributed by atoms with Gasteiger partial charge in [0.05, 0.1) is 0 Å². The van der Waals surface area contributed by atoms with Gasteiger partial charge in [0.2, 0.25) is 0 Å². The summed E-state index contributed by atoms with van der Waals surface area (Å²) in [6.07, 6.45) is 0. The summed E-state index contributed by atoms with van der Waals surface area (Å²) in [6.45, 7) is 0.526. The molecule has 0 heterocycles. The molecule has 0 aliphatic carbocycles. The summed E-state index contributed by atoms with van der Waals surface area (Å²) in [5, 5.41) is 6.56. The van der Waals surface area contributed by atoms with Gasteiger partial charge >= 0.3 is 10.2 Å². The zero-order valence-corrected chi connectivity index (χ0v) is 5.64. The number of aliphatic hydroxyl groups excluding tert-OH is 1. The highest BCUT2D eigenvalue weighted by molar-refractivity contribution is 8.48. The lowest BCUT2D eigenvalue weighted by atomic mass is 10.7. The Balaban J connectivity index is 4.96. The molecule has 0 fully saturated rings. The van der Waals surface area contributed by atoms with Gasteiger partial charge in [0.15, 0.2) is 0 Å². The van der Waals surface area contributed by atoms with Crippen molar-refractivity contribution in [3.05, 3.63) is 11.2 Å². The van der Waals surface area contributed by atoms with Crippen molar-refractivity contribution >= 4 is 10.2 Å². The van der Waals surface area contributed by atoms with Gasteiger partial charge in [-0.15, -0.1) is 0 Å². The number of hydrogen-bond acceptors (Lipinski definition) is 1. The first-order valence-corrected chi connectivity index (χ1v) is 4.03. The van der Waals surface area contributed by atoms with Crippen LogP contribution in [0.15, 0.2) is 11.2 Å². The molecule has 0 amide bonds. The van der Waals surface area contributed by atoms with Crippen molar-refractivity contribution in [2.24, 2.45) is 0 Å². The Bertz CT molecular complexity index is 170. The van der Waals surface area contributed by atoms with E-state index in [0.29, 0.717) is 6.92 Å². The second kappa shape index (κ2) is 1.41. The molecular weight excluding hydrogens is 179 g/mol. The van der Waals surface area contributed by atoms with Crippen LogP contribution in [-0.2, 0) is 0 Å². The molecule has 10 heavy (non-hydrogen) atoms. The molecule has 7 heteroatoms. The lowest BCUT2D eigenvalue weighted by Crippen LogP contribution is -2.00. The normalized spacial score (nSPS) is 21.6. The first kappa shape index (κ1) is 9.54. The van der Waals surface area contributed by atoms with Crippen LogP contribution in [0.5, 0.6) is 0 Å². The maximum Gasteiger partial charge on any atom is 0.307 e. The average Bonchev–Trinajstić information content (AvgIpc) is 1.12. The van der Waals surface area contributed by atoms with Crippen LogP contribution in [0.4, 0.5) is 19.4 Å². The molecule has 0 spiro atoms. The smallest absolute Gasteiger partial charge is 0.307 e. The van der Waals surface area contributed by atoms with Gasteiger partial charge in [-0.2, -0.15) is 0 Å². The Morgan fingerprint density at radius 1 is 1.20 bits per heavy atom. The largest absolute Gasteiger partial charge is 0.512 e. The number of halogens is 5. The lowest BCUT2D eigenvalue weighted by Gasteiger charge is -2.36. The second-order valence-electron chi connectivity index (χ2n) is 1.79. The van der Waals surface area contributed by atoms with Crippen LogP contribution < -0.4 is 0 Å². The summed E-state index contributed by atoms with van der Waals surface area (Å²) in [6, 6.07) is 0. The van der Waals surface area contributed by atoms with E-state index in [0.717, 1.165) is 0 Å². The van der Waals surface area contributed by atoms with E-state index >= 15 is 0 Å². The van der Waals surface area contributed by atoms with E-state index in [9.17, 15) is 19.4 Å². The molecular formula is C3H5F5OS. The van der Waals surface area contributed by atoms with Crippen LogP contribution in [-0.4, -0.2) is 5.11 Å². The van der Waals surface area contributed by atoms with E-state index in [-0.39, 0.29) is 0 Å². The van der Waals surface area contributed by atoms with E-state index in [2.05, 4.69) is 0 Å². The fourth-order valence-electron chi connectivity index (χ4n) is 0.322. The van der Waals surface area contributed by atoms with Crippen LogP contribution in [0, 0.1) is 0 Å². The van der Waals surface area contributed by atoms with Gasteiger partial charge in [-0.1, -0.05) is 19.4 Å². The topological polar surface area (TPSA) is 20.2 Å². The number of hydrogen-bond donors (Lipinski definition) is 1. The summed E-state index contributed by atoms with van der Waals surface area (Å²) < 4.78 is 56.1. The number of aliphatic hydroxyl groups is 1. The van der Waals surface area contributed by atoms with Gasteiger partial charge in [0, 0.05) is 0 Å². The van der Waals surface area contributed by atoms with Gasteiger partial charge in [-0.05, 0) is 6.92 Å². The molecule has 0 aromatic carbocycles. The molecule has 0 atom stereocenters. The molecule has 0 aromatic rings. The van der Waals surface area contributed by atoms with Crippen molar-refractivity contribution < 1.29 is 24.5 Å². The van der Waals surface area contributed by atoms with Crippen molar-refractivity contribution in [2.75, 3.05) is 0 Å². The maximum atomic E-state index is 11.2. The molecule has 0 saturated carbocycles. The van der Waals surface area contributed by atoms with Gasteiger partial charge in [0.1, 0.15) is 11.2 Å². The molecule has 0 radical (unpaired) electrons. The van der Waals surface area contributed by atoms with Crippen molar-refractivity contribution in [1.82, 2.24) is 0 Å². The molecule has 0 unspecified atom stereocenters. The summed E-state index contributed by atoms with van der Waals surface area (Å²) in [4.78, 5) is 0. The molecule has 0 saturated heterocycles. The quantitative estimate of drug-likeness (QED) is 0.486. The molecule has 0 aliphatic heterocycles. The van der Waals surface area contributed by atoms with Gasteiger partial charge in [-0.3, -0.25) is 0 Å². The van der Waals surface area contributed by atoms with E-state index in [1.165, 1.54) is 0 Å². The van der Waals surface area contributed by atoms with E-state index in [1.54, 1.807) is 0 Å². The zero-order valence-electron chi connectivity index (χ0n) is 4.82. The third-order valence-corrected chi connectivity index (χ3v) is 1.18. The average molecular weight is 184 g/mol. The standard InChI is InChI=1S/C3H5F5OS/c1-3(9)2-10(4,5,6,7)8/h2,9H,1H3/b3-2-. The van der Waals surface area contributed by atoms with Crippen LogP contribution in [0.25, 0.3) is 0 Å². The highest BCUT2D eigenvalue weighted by Crippen LogP contribution is 2.99. The second-order valence-corrected chi connectivity index (χ2v) is 4.08. The molecule has 0 aliphatic rings. The van der Waals surface area contributed by atoms with Crippen molar-refractivity contribution in [3.8, 4) is 0 Å². The van der Waals surface area contributed by atoms with Crippen LogP contribution in [0.1, 0.15) is 6.92 Å². The minimum atomic E-state index is -9.51. The Labute approximate surface area is 53.9 Å². The molecule has 0 aromatic heterocycles. The van der Waals surface area contributed by atoms with Gasteiger partial charge < -0.3 is 5.11 Å². The number of rotatable bonds is 1. The van der Waals surface area contributed by atoms with Crippen molar-refractivity contribution in [3.63, 3.8) is 0 Å². The van der Waals surface area contributed by atoms with Crippen molar-refractivity contribution in [1.29, 1.82) is 0 Å². The Morgan fingerprint density at radius 3 is 1.50 bits per heavy atom. The first-order valence-electron chi connectivity index (χ1n) is 2.02. The summed E-state index contributed by atoms with van der Waals surface area (Å²) >= 11 is 0. The minimum absolute atomic E-state index is 0.526. The Morgan fingerprint density at radius 2 is 1.50 bits per heavy atom. The summed E-state index contributed by atoms with van der Waals surface area (Å²) in [5.41, 5.74) is 0. The molecule has 0 bridgehead atoms. The SMILES string of the molecule is C/C(O)=C/S(F)(F)(F)(F)F. The molecule has 0 rings (SSSR count). The predicted molar refractivity (Wildman–Crippen MR) is 29.5 cm³/mol. The highest BCUT2D eigenvalue weighted by atomic mass is 32.5. The maximum absolute atomic E-state index is 11.2. The summed E-state index contributed by atoms with van der Waals surface area (Å²) in [5.74, 6) is -1.45. The van der Waals surface area contributed by atoms with Crippen LogP contribution in [0.2, 0.25) is 0 Å². The van der Waals surface area contributed by atoms with Gasteiger partial charge in [0.25, 0.3) is 0 Å². The van der Waals surface area contributed by atoms with E-state index in [1.807, 2.05) is 0 Å². The van der Waals surface area contributed by atoms with Gasteiger partial charge in [-0.25, -0.2) is 0 Å². The van der Waals surface area contributed by atoms with E-state index in [4.69, 9.17) is 5.11 Å². The first-order chi connectivity index (χ1) is 3.89. The zero-order chi connectivity index (χ0) is 8.69. The summed E-state index contributed by atoms with van der Waals surface area (Å²) in [7, 11) is -9.51. The molecule has 1 N–H and O–H groups in total. The third kappa shape index (κ3) is 7.54. The number of allylic oxidation sites excluding steroid dienone is 1. The highest BCUT2D eigenvalue weighted by Gasteiger charge is 2.61. The van der Waals surface area contributed by atoms with Crippen LogP contribution >= 0.6 is 10.2 Å². The third-order valence-electron chi connectivity index (χ3n) is 0.393. The molecule has 64 valence electrons. The van der Waals surface area contributed by atoms with Crippen molar-refractivity contribution in [2.45, 2.75) is 6.92 Å². The fourth-order valence-corrected chi connectivity index (χ4v) is 0.967. The molecule has 1 nitrogen and oxygen atoms in total. The Kier molecular flexibility index (Phi) is 1.35. The lowest BCUT2D eigenvalue weighted by molar-refractivity contribution is 0.372. The Hall–Kier alpha value is -0.460. The van der Waals surface area contributed by atoms with E-state index < -0.39 is 21.4 Å². The minimum Gasteiger partial charge on any atom is -0.512 e. The van der Waals surface area contributed by atoms with Crippen LogP contribution in [0.3, 0.4) is 0 Å². The predicted octanol–water partition coefficient (Wildman–Crippen LogP) is 3.70. The fraction of sp³-hybridized carbons (Fsp3) is 0.333.